The third-order valence-electron chi connectivity index (χ3n) is 3.74. The van der Waals surface area contributed by atoms with Gasteiger partial charge in [-0.1, -0.05) is 41.1 Å². The average molecular weight is 336 g/mol. The molecule has 0 aliphatic heterocycles. The molecule has 1 aromatic heterocycles. The summed E-state index contributed by atoms with van der Waals surface area (Å²) in [6.45, 7) is 2.36. The number of carbonyl (C=O) groups is 1. The molecule has 0 spiro atoms. The highest BCUT2D eigenvalue weighted by molar-refractivity contribution is 5.99. The number of carbonyl (C=O) groups excluding carboxylic acids is 1. The van der Waals surface area contributed by atoms with E-state index < -0.39 is 0 Å². The van der Waals surface area contributed by atoms with E-state index >= 15 is 0 Å². The van der Waals surface area contributed by atoms with Crippen molar-refractivity contribution in [1.82, 2.24) is 15.0 Å². The molecule has 6 heteroatoms. The van der Waals surface area contributed by atoms with Crippen molar-refractivity contribution in [2.45, 2.75) is 13.5 Å². The van der Waals surface area contributed by atoms with Crippen molar-refractivity contribution < 1.29 is 9.32 Å². The number of benzene rings is 2. The van der Waals surface area contributed by atoms with Gasteiger partial charge in [0, 0.05) is 25.3 Å². The Bertz CT molecular complexity index is 886. The molecule has 3 rings (SSSR count). The second kappa shape index (κ2) is 7.17. The van der Waals surface area contributed by atoms with Crippen LogP contribution in [0.25, 0.3) is 11.4 Å². The highest BCUT2D eigenvalue weighted by Gasteiger charge is 2.14. The minimum Gasteiger partial charge on any atom is -0.375 e. The van der Waals surface area contributed by atoms with Gasteiger partial charge in [0.05, 0.1) is 12.1 Å². The maximum Gasteiger partial charge on any atom is 0.255 e. The molecule has 128 valence electrons. The standard InChI is InChI=1S/C19H20N4O2/c1-13-7-6-8-14(11-13)18-21-17(25-22-18)12-20-16-10-5-4-9-15(16)19(24)23(2)3/h4-11,20H,12H2,1-3H3. The van der Waals surface area contributed by atoms with Gasteiger partial charge >= 0.3 is 0 Å². The topological polar surface area (TPSA) is 71.3 Å². The quantitative estimate of drug-likeness (QED) is 0.773. The summed E-state index contributed by atoms with van der Waals surface area (Å²) in [7, 11) is 3.45. The lowest BCUT2D eigenvalue weighted by Gasteiger charge is -2.14. The fourth-order valence-corrected chi connectivity index (χ4v) is 2.46. The summed E-state index contributed by atoms with van der Waals surface area (Å²) in [6.07, 6.45) is 0. The molecular formula is C19H20N4O2. The summed E-state index contributed by atoms with van der Waals surface area (Å²) in [4.78, 5) is 18.2. The van der Waals surface area contributed by atoms with E-state index in [0.717, 1.165) is 16.8 Å². The number of nitrogens with one attached hydrogen (secondary N) is 1. The zero-order chi connectivity index (χ0) is 17.8. The third-order valence-corrected chi connectivity index (χ3v) is 3.74. The van der Waals surface area contributed by atoms with Crippen LogP contribution < -0.4 is 5.32 Å². The Kier molecular flexibility index (Phi) is 4.79. The second-order valence-corrected chi connectivity index (χ2v) is 5.98. The molecule has 0 fully saturated rings. The molecule has 2 aromatic carbocycles. The Morgan fingerprint density at radius 3 is 2.72 bits per heavy atom. The lowest BCUT2D eigenvalue weighted by molar-refractivity contribution is 0.0828. The van der Waals surface area contributed by atoms with E-state index in [1.807, 2.05) is 49.4 Å². The van der Waals surface area contributed by atoms with Crippen LogP contribution in [0.1, 0.15) is 21.8 Å². The van der Waals surface area contributed by atoms with E-state index in [9.17, 15) is 4.79 Å². The molecule has 25 heavy (non-hydrogen) atoms. The maximum absolute atomic E-state index is 12.2. The van der Waals surface area contributed by atoms with E-state index in [0.29, 0.717) is 23.8 Å². The number of anilines is 1. The number of hydrogen-bond donors (Lipinski definition) is 1. The Morgan fingerprint density at radius 2 is 1.96 bits per heavy atom. The molecule has 6 nitrogen and oxygen atoms in total. The molecule has 1 N–H and O–H groups in total. The summed E-state index contributed by atoms with van der Waals surface area (Å²) in [5, 5.41) is 7.22. The predicted molar refractivity (Wildman–Crippen MR) is 96.3 cm³/mol. The Morgan fingerprint density at radius 1 is 1.16 bits per heavy atom. The fraction of sp³-hybridized carbons (Fsp3) is 0.211. The number of nitrogens with zero attached hydrogens (tertiary/aromatic N) is 3. The zero-order valence-corrected chi connectivity index (χ0v) is 14.5. The Balaban J connectivity index is 1.74. The van der Waals surface area contributed by atoms with Gasteiger partial charge in [0.15, 0.2) is 0 Å². The van der Waals surface area contributed by atoms with Crippen LogP contribution in [0.3, 0.4) is 0 Å². The molecule has 0 saturated heterocycles. The highest BCUT2D eigenvalue weighted by Crippen LogP contribution is 2.19. The molecule has 3 aromatic rings. The second-order valence-electron chi connectivity index (χ2n) is 5.98. The number of aryl methyl sites for hydroxylation is 1. The number of aromatic nitrogens is 2. The zero-order valence-electron chi connectivity index (χ0n) is 14.5. The molecule has 0 atom stereocenters. The monoisotopic (exact) mass is 336 g/mol. The number of para-hydroxylation sites is 1. The van der Waals surface area contributed by atoms with Crippen molar-refractivity contribution in [3.05, 3.63) is 65.5 Å². The van der Waals surface area contributed by atoms with Crippen LogP contribution >= 0.6 is 0 Å². The first kappa shape index (κ1) is 16.7. The van der Waals surface area contributed by atoms with Gasteiger partial charge in [-0.3, -0.25) is 4.79 Å². The number of amides is 1. The van der Waals surface area contributed by atoms with E-state index in [-0.39, 0.29) is 5.91 Å². The normalized spacial score (nSPS) is 10.5. The van der Waals surface area contributed by atoms with Gasteiger partial charge in [-0.25, -0.2) is 0 Å². The van der Waals surface area contributed by atoms with Crippen LogP contribution in [0, 0.1) is 6.92 Å². The van der Waals surface area contributed by atoms with Crippen molar-refractivity contribution in [2.24, 2.45) is 0 Å². The largest absolute Gasteiger partial charge is 0.375 e. The smallest absolute Gasteiger partial charge is 0.255 e. The molecule has 0 unspecified atom stereocenters. The van der Waals surface area contributed by atoms with E-state index in [4.69, 9.17) is 4.52 Å². The van der Waals surface area contributed by atoms with Crippen molar-refractivity contribution in [2.75, 3.05) is 19.4 Å². The van der Waals surface area contributed by atoms with E-state index in [1.165, 1.54) is 0 Å². The molecule has 0 saturated carbocycles. The first-order chi connectivity index (χ1) is 12.0. The van der Waals surface area contributed by atoms with Crippen LogP contribution in [0.4, 0.5) is 5.69 Å². The molecule has 1 heterocycles. The summed E-state index contributed by atoms with van der Waals surface area (Å²) in [5.41, 5.74) is 3.39. The van der Waals surface area contributed by atoms with Crippen LogP contribution in [-0.4, -0.2) is 35.0 Å². The van der Waals surface area contributed by atoms with Crippen LogP contribution in [-0.2, 0) is 6.54 Å². The summed E-state index contributed by atoms with van der Waals surface area (Å²) in [6, 6.07) is 15.3. The SMILES string of the molecule is Cc1cccc(-c2noc(CNc3ccccc3C(=O)N(C)C)n2)c1. The van der Waals surface area contributed by atoms with Crippen molar-refractivity contribution >= 4 is 11.6 Å². The van der Waals surface area contributed by atoms with Gasteiger partial charge in [0.25, 0.3) is 5.91 Å². The molecule has 1 amide bonds. The number of rotatable bonds is 5. The van der Waals surface area contributed by atoms with Gasteiger partial charge in [0.1, 0.15) is 0 Å². The lowest BCUT2D eigenvalue weighted by atomic mass is 10.1. The van der Waals surface area contributed by atoms with Crippen molar-refractivity contribution in [3.63, 3.8) is 0 Å². The molecule has 0 aliphatic rings. The molecule has 0 radical (unpaired) electrons. The first-order valence-electron chi connectivity index (χ1n) is 7.99. The third kappa shape index (κ3) is 3.85. The first-order valence-corrected chi connectivity index (χ1v) is 7.99. The average Bonchev–Trinajstić information content (AvgIpc) is 3.08. The summed E-state index contributed by atoms with van der Waals surface area (Å²) < 4.78 is 5.31. The lowest BCUT2D eigenvalue weighted by Crippen LogP contribution is -2.22. The predicted octanol–water partition coefficient (Wildman–Crippen LogP) is 3.36. The van der Waals surface area contributed by atoms with Crippen LogP contribution in [0.15, 0.2) is 53.1 Å². The van der Waals surface area contributed by atoms with Gasteiger partial charge < -0.3 is 14.7 Å². The molecule has 0 aliphatic carbocycles. The van der Waals surface area contributed by atoms with Gasteiger partial charge in [-0.15, -0.1) is 0 Å². The van der Waals surface area contributed by atoms with Crippen LogP contribution in [0.2, 0.25) is 0 Å². The highest BCUT2D eigenvalue weighted by atomic mass is 16.5. The van der Waals surface area contributed by atoms with E-state index in [1.54, 1.807) is 25.1 Å². The maximum atomic E-state index is 12.2. The minimum absolute atomic E-state index is 0.0610. The Labute approximate surface area is 146 Å². The van der Waals surface area contributed by atoms with Gasteiger partial charge in [0.2, 0.25) is 11.7 Å². The van der Waals surface area contributed by atoms with E-state index in [2.05, 4.69) is 15.5 Å². The van der Waals surface area contributed by atoms with Crippen LogP contribution in [0.5, 0.6) is 0 Å². The fourth-order valence-electron chi connectivity index (χ4n) is 2.46. The summed E-state index contributed by atoms with van der Waals surface area (Å²) in [5.74, 6) is 0.954. The van der Waals surface area contributed by atoms with Gasteiger partial charge in [-0.05, 0) is 25.1 Å². The number of hydrogen-bond acceptors (Lipinski definition) is 5. The molecular weight excluding hydrogens is 316 g/mol. The van der Waals surface area contributed by atoms with Crippen molar-refractivity contribution in [3.8, 4) is 11.4 Å². The minimum atomic E-state index is -0.0610. The van der Waals surface area contributed by atoms with Gasteiger partial charge in [-0.2, -0.15) is 4.98 Å². The Hall–Kier alpha value is -3.15. The van der Waals surface area contributed by atoms with Crippen molar-refractivity contribution in [1.29, 1.82) is 0 Å². The molecule has 0 bridgehead atoms. The summed E-state index contributed by atoms with van der Waals surface area (Å²) >= 11 is 0.